The molecule has 1 aliphatic heterocycles. The fraction of sp³-hybridized carbons (Fsp3) is 0.579. The Bertz CT molecular complexity index is 732. The lowest BCUT2D eigenvalue weighted by Crippen LogP contribution is -2.41. The van der Waals surface area contributed by atoms with Crippen molar-refractivity contribution in [1.82, 2.24) is 5.32 Å². The predicted molar refractivity (Wildman–Crippen MR) is 101 cm³/mol. The number of ether oxygens (including phenoxy) is 2. The van der Waals surface area contributed by atoms with Crippen molar-refractivity contribution in [3.63, 3.8) is 0 Å². The van der Waals surface area contributed by atoms with Gasteiger partial charge in [0.05, 0.1) is 12.6 Å². The number of benzene rings is 1. The molecule has 1 fully saturated rings. The normalized spacial score (nSPS) is 25.3. The number of nitrogens with one attached hydrogen (secondary N) is 1. The summed E-state index contributed by atoms with van der Waals surface area (Å²) >= 11 is 1.53. The van der Waals surface area contributed by atoms with Gasteiger partial charge in [0.25, 0.3) is 0 Å². The Balaban J connectivity index is 1.91. The Labute approximate surface area is 157 Å². The molecule has 1 aliphatic carbocycles. The summed E-state index contributed by atoms with van der Waals surface area (Å²) < 4.78 is 24.3. The highest BCUT2D eigenvalue weighted by Gasteiger charge is 2.47. The van der Waals surface area contributed by atoms with Crippen LogP contribution in [0.4, 0.5) is 9.18 Å². The van der Waals surface area contributed by atoms with Crippen LogP contribution < -0.4 is 10.1 Å². The maximum atomic E-state index is 13.8. The molecule has 142 valence electrons. The van der Waals surface area contributed by atoms with Gasteiger partial charge in [0, 0.05) is 5.75 Å². The Morgan fingerprint density at radius 2 is 2.19 bits per heavy atom. The van der Waals surface area contributed by atoms with E-state index in [-0.39, 0.29) is 11.6 Å². The summed E-state index contributed by atoms with van der Waals surface area (Å²) in [6.45, 7) is 5.46. The van der Waals surface area contributed by atoms with Crippen molar-refractivity contribution in [3.05, 3.63) is 29.6 Å². The van der Waals surface area contributed by atoms with Crippen LogP contribution in [0.2, 0.25) is 0 Å². The maximum Gasteiger partial charge on any atom is 0.413 e. The van der Waals surface area contributed by atoms with Crippen molar-refractivity contribution < 1.29 is 18.7 Å². The number of methoxy groups -OCH3 is 1. The Hall–Kier alpha value is -1.76. The van der Waals surface area contributed by atoms with Crippen LogP contribution in [0.3, 0.4) is 0 Å². The molecule has 1 N–H and O–H groups in total. The number of carbonyl (C=O) groups excluding carboxylic acids is 1. The number of thioether (sulfide) groups is 1. The third-order valence-electron chi connectivity index (χ3n) is 4.77. The third kappa shape index (κ3) is 3.82. The first kappa shape index (κ1) is 19.0. The number of aliphatic imine (C=N–C) groups is 1. The topological polar surface area (TPSA) is 59.9 Å². The van der Waals surface area contributed by atoms with Gasteiger partial charge in [-0.25, -0.2) is 9.18 Å². The molecule has 0 aromatic heterocycles. The van der Waals surface area contributed by atoms with E-state index < -0.39 is 17.2 Å². The van der Waals surface area contributed by atoms with E-state index in [1.165, 1.54) is 24.9 Å². The van der Waals surface area contributed by atoms with Crippen LogP contribution in [0.15, 0.2) is 23.2 Å². The van der Waals surface area contributed by atoms with Gasteiger partial charge in [0.1, 0.15) is 5.60 Å². The highest BCUT2D eigenvalue weighted by atomic mass is 32.2. The van der Waals surface area contributed by atoms with Crippen molar-refractivity contribution in [3.8, 4) is 5.75 Å². The number of hydrogen-bond acceptors (Lipinski definition) is 5. The summed E-state index contributed by atoms with van der Waals surface area (Å²) in [6.07, 6.45) is 2.48. The van der Waals surface area contributed by atoms with Gasteiger partial charge in [-0.15, -0.1) is 0 Å². The summed E-state index contributed by atoms with van der Waals surface area (Å²) in [5.74, 6) is 1.04. The quantitative estimate of drug-likeness (QED) is 0.823. The molecule has 5 nitrogen and oxygen atoms in total. The highest BCUT2D eigenvalue weighted by Crippen LogP contribution is 2.51. The Morgan fingerprint density at radius 1 is 1.42 bits per heavy atom. The average molecular weight is 380 g/mol. The molecule has 0 saturated heterocycles. The molecule has 1 aromatic rings. The standard InChI is InChI=1S/C19H25FN2O3S/c1-18(2,3)25-17(23)21-16-22-19(9-5-6-13(19)11-26-16)12-7-8-14(20)15(10-12)24-4/h7-8,10,13H,5-6,9,11H2,1-4H3,(H,21,22,23). The van der Waals surface area contributed by atoms with E-state index in [4.69, 9.17) is 14.5 Å². The number of amides is 1. The third-order valence-corrected chi connectivity index (χ3v) is 5.80. The minimum Gasteiger partial charge on any atom is -0.494 e. The summed E-state index contributed by atoms with van der Waals surface area (Å²) in [5.41, 5.74) is -0.0830. The van der Waals surface area contributed by atoms with Crippen LogP contribution in [-0.2, 0) is 10.3 Å². The summed E-state index contributed by atoms with van der Waals surface area (Å²) in [6, 6.07) is 4.94. The van der Waals surface area contributed by atoms with Crippen molar-refractivity contribution in [2.45, 2.75) is 51.2 Å². The second-order valence-electron chi connectivity index (χ2n) is 7.72. The molecule has 2 atom stereocenters. The SMILES string of the molecule is COc1cc(C23CCCC2CSC(NC(=O)OC(C)(C)C)=N3)ccc1F. The molecule has 1 amide bonds. The van der Waals surface area contributed by atoms with Gasteiger partial charge in [0.2, 0.25) is 0 Å². The number of rotatable bonds is 2. The molecule has 0 bridgehead atoms. The second-order valence-corrected chi connectivity index (χ2v) is 8.73. The van der Waals surface area contributed by atoms with Crippen LogP contribution in [0, 0.1) is 11.7 Å². The number of fused-ring (bicyclic) bond motifs is 1. The van der Waals surface area contributed by atoms with Crippen LogP contribution in [-0.4, -0.2) is 29.7 Å². The molecule has 0 radical (unpaired) electrons. The first-order valence-electron chi connectivity index (χ1n) is 8.80. The molecule has 1 heterocycles. The summed E-state index contributed by atoms with van der Waals surface area (Å²) in [5, 5.41) is 3.33. The maximum absolute atomic E-state index is 13.8. The lowest BCUT2D eigenvalue weighted by molar-refractivity contribution is 0.0564. The van der Waals surface area contributed by atoms with Gasteiger partial charge < -0.3 is 9.47 Å². The number of carbonyl (C=O) groups is 1. The second kappa shape index (κ2) is 7.10. The van der Waals surface area contributed by atoms with E-state index in [0.717, 1.165) is 30.6 Å². The lowest BCUT2D eigenvalue weighted by atomic mass is 9.81. The van der Waals surface area contributed by atoms with E-state index in [1.54, 1.807) is 12.1 Å². The Morgan fingerprint density at radius 3 is 2.88 bits per heavy atom. The molecular weight excluding hydrogens is 355 g/mol. The summed E-state index contributed by atoms with van der Waals surface area (Å²) in [4.78, 5) is 17.0. The van der Waals surface area contributed by atoms with Crippen LogP contribution in [0.5, 0.6) is 5.75 Å². The van der Waals surface area contributed by atoms with Crippen molar-refractivity contribution in [2.24, 2.45) is 10.9 Å². The van der Waals surface area contributed by atoms with Crippen molar-refractivity contribution in [1.29, 1.82) is 0 Å². The fourth-order valence-electron chi connectivity index (χ4n) is 3.65. The number of halogens is 1. The predicted octanol–water partition coefficient (Wildman–Crippen LogP) is 4.46. The van der Waals surface area contributed by atoms with Gasteiger partial charge in [-0.2, -0.15) is 0 Å². The van der Waals surface area contributed by atoms with E-state index in [2.05, 4.69) is 5.32 Å². The minimum atomic E-state index is -0.568. The smallest absolute Gasteiger partial charge is 0.413 e. The molecule has 2 unspecified atom stereocenters. The average Bonchev–Trinajstić information content (AvgIpc) is 2.97. The monoisotopic (exact) mass is 380 g/mol. The zero-order valence-electron chi connectivity index (χ0n) is 15.6. The number of amidine groups is 1. The van der Waals surface area contributed by atoms with Crippen molar-refractivity contribution >= 4 is 23.0 Å². The molecule has 0 spiro atoms. The van der Waals surface area contributed by atoms with Gasteiger partial charge in [-0.3, -0.25) is 10.3 Å². The van der Waals surface area contributed by atoms with Gasteiger partial charge in [-0.1, -0.05) is 24.2 Å². The number of alkyl carbamates (subject to hydrolysis) is 1. The fourth-order valence-corrected chi connectivity index (χ4v) is 4.84. The molecule has 3 rings (SSSR count). The number of nitrogens with zero attached hydrogens (tertiary/aromatic N) is 1. The zero-order valence-corrected chi connectivity index (χ0v) is 16.4. The van der Waals surface area contributed by atoms with Gasteiger partial charge in [0.15, 0.2) is 16.7 Å². The largest absolute Gasteiger partial charge is 0.494 e. The molecule has 1 aromatic carbocycles. The molecular formula is C19H25FN2O3S. The number of hydrogen-bond donors (Lipinski definition) is 1. The Kier molecular flexibility index (Phi) is 5.19. The van der Waals surface area contributed by atoms with Crippen molar-refractivity contribution in [2.75, 3.05) is 12.9 Å². The van der Waals surface area contributed by atoms with E-state index >= 15 is 0 Å². The minimum absolute atomic E-state index is 0.220. The van der Waals surface area contributed by atoms with Crippen LogP contribution >= 0.6 is 11.8 Å². The van der Waals surface area contributed by atoms with Crippen LogP contribution in [0.1, 0.15) is 45.6 Å². The van der Waals surface area contributed by atoms with Gasteiger partial charge in [-0.05, 0) is 57.2 Å². The lowest BCUT2D eigenvalue weighted by Gasteiger charge is -2.36. The molecule has 7 heteroatoms. The van der Waals surface area contributed by atoms with Gasteiger partial charge >= 0.3 is 6.09 Å². The first-order valence-corrected chi connectivity index (χ1v) is 9.79. The molecule has 1 saturated carbocycles. The van der Waals surface area contributed by atoms with E-state index in [0.29, 0.717) is 11.1 Å². The molecule has 26 heavy (non-hydrogen) atoms. The zero-order chi connectivity index (χ0) is 18.9. The van der Waals surface area contributed by atoms with E-state index in [9.17, 15) is 9.18 Å². The van der Waals surface area contributed by atoms with E-state index in [1.807, 2.05) is 20.8 Å². The van der Waals surface area contributed by atoms with Crippen LogP contribution in [0.25, 0.3) is 0 Å². The molecule has 2 aliphatic rings. The highest BCUT2D eigenvalue weighted by molar-refractivity contribution is 8.13. The first-order chi connectivity index (χ1) is 12.2. The summed E-state index contributed by atoms with van der Waals surface area (Å²) in [7, 11) is 1.46.